The number of hydrogen-bond donors (Lipinski definition) is 2. The van der Waals surface area contributed by atoms with Gasteiger partial charge in [0.25, 0.3) is 0 Å². The minimum atomic E-state index is -0.316. The Kier molecular flexibility index (Phi) is 4.53. The maximum Gasteiger partial charge on any atom is 0.193 e. The zero-order valence-electron chi connectivity index (χ0n) is 12.3. The van der Waals surface area contributed by atoms with Gasteiger partial charge < -0.3 is 20.5 Å². The highest BCUT2D eigenvalue weighted by Gasteiger charge is 2.36. The second-order valence-electron chi connectivity index (χ2n) is 5.14. The number of guanidine groups is 1. The van der Waals surface area contributed by atoms with E-state index in [1.807, 2.05) is 6.07 Å². The van der Waals surface area contributed by atoms with Crippen LogP contribution in [0.1, 0.15) is 19.3 Å². The molecule has 0 unspecified atom stereocenters. The van der Waals surface area contributed by atoms with Gasteiger partial charge in [0.2, 0.25) is 0 Å². The van der Waals surface area contributed by atoms with Gasteiger partial charge in [-0.25, -0.2) is 0 Å². The molecule has 0 saturated heterocycles. The third kappa shape index (κ3) is 3.37. The first-order valence-electron chi connectivity index (χ1n) is 6.83. The smallest absolute Gasteiger partial charge is 0.193 e. The van der Waals surface area contributed by atoms with Crippen LogP contribution >= 0.6 is 0 Å². The molecule has 6 heteroatoms. The molecule has 0 radical (unpaired) electrons. The van der Waals surface area contributed by atoms with Crippen molar-refractivity contribution in [3.63, 3.8) is 0 Å². The fourth-order valence-electron chi connectivity index (χ4n) is 2.25. The third-order valence-corrected chi connectivity index (χ3v) is 3.76. The van der Waals surface area contributed by atoms with Crippen molar-refractivity contribution >= 4 is 11.6 Å². The molecule has 0 aromatic heterocycles. The number of nitrogens with two attached hydrogens (primary N) is 1. The van der Waals surface area contributed by atoms with Gasteiger partial charge in [0.15, 0.2) is 17.5 Å². The van der Waals surface area contributed by atoms with Gasteiger partial charge in [-0.1, -0.05) is 6.42 Å². The second-order valence-corrected chi connectivity index (χ2v) is 5.14. The molecule has 0 atom stereocenters. The third-order valence-electron chi connectivity index (χ3n) is 3.76. The largest absolute Gasteiger partial charge is 0.493 e. The zero-order valence-corrected chi connectivity index (χ0v) is 12.3. The summed E-state index contributed by atoms with van der Waals surface area (Å²) < 4.78 is 10.4. The van der Waals surface area contributed by atoms with Gasteiger partial charge in [-0.05, 0) is 25.0 Å². The normalized spacial score (nSPS) is 16.5. The van der Waals surface area contributed by atoms with E-state index in [9.17, 15) is 0 Å². The molecule has 0 aliphatic heterocycles. The first-order valence-corrected chi connectivity index (χ1v) is 6.83. The Morgan fingerprint density at radius 2 is 2.10 bits per heavy atom. The van der Waals surface area contributed by atoms with Crippen molar-refractivity contribution in [2.75, 3.05) is 26.1 Å². The monoisotopic (exact) mass is 288 g/mol. The van der Waals surface area contributed by atoms with Crippen molar-refractivity contribution in [3.8, 4) is 17.6 Å². The van der Waals surface area contributed by atoms with Gasteiger partial charge >= 0.3 is 0 Å². The quantitative estimate of drug-likeness (QED) is 0.639. The molecule has 1 aliphatic rings. The molecular formula is C15H20N4O2. The molecule has 0 heterocycles. The van der Waals surface area contributed by atoms with E-state index in [0.29, 0.717) is 24.0 Å². The Morgan fingerprint density at radius 1 is 1.38 bits per heavy atom. The van der Waals surface area contributed by atoms with Crippen LogP contribution in [-0.2, 0) is 0 Å². The molecule has 1 fully saturated rings. The van der Waals surface area contributed by atoms with Gasteiger partial charge in [0, 0.05) is 11.8 Å². The summed E-state index contributed by atoms with van der Waals surface area (Å²) in [5.74, 6) is 1.56. The number of anilines is 1. The fourth-order valence-corrected chi connectivity index (χ4v) is 2.25. The highest BCUT2D eigenvalue weighted by Crippen LogP contribution is 2.40. The number of hydrogen-bond acceptors (Lipinski definition) is 4. The van der Waals surface area contributed by atoms with Crippen LogP contribution in [-0.4, -0.2) is 26.7 Å². The van der Waals surface area contributed by atoms with Gasteiger partial charge in [-0.15, -0.1) is 0 Å². The number of rotatable bonds is 5. The van der Waals surface area contributed by atoms with Gasteiger partial charge in [-0.2, -0.15) is 5.26 Å². The van der Waals surface area contributed by atoms with Crippen molar-refractivity contribution in [2.24, 2.45) is 16.1 Å². The van der Waals surface area contributed by atoms with Crippen LogP contribution in [0, 0.1) is 16.7 Å². The van der Waals surface area contributed by atoms with Crippen molar-refractivity contribution < 1.29 is 9.47 Å². The lowest BCUT2D eigenvalue weighted by molar-refractivity contribution is 0.226. The average Bonchev–Trinajstić information content (AvgIpc) is 2.46. The minimum absolute atomic E-state index is 0.295. The van der Waals surface area contributed by atoms with E-state index >= 15 is 0 Å². The summed E-state index contributed by atoms with van der Waals surface area (Å²) in [6, 6.07) is 7.74. The molecule has 1 aromatic carbocycles. The summed E-state index contributed by atoms with van der Waals surface area (Å²) in [6.07, 6.45) is 2.89. The van der Waals surface area contributed by atoms with Crippen LogP contribution in [0.3, 0.4) is 0 Å². The van der Waals surface area contributed by atoms with Crippen LogP contribution < -0.4 is 20.5 Å². The number of nitrogens with zero attached hydrogens (tertiary/aromatic N) is 2. The highest BCUT2D eigenvalue weighted by atomic mass is 16.5. The lowest BCUT2D eigenvalue weighted by atomic mass is 9.70. The molecule has 0 spiro atoms. The summed E-state index contributed by atoms with van der Waals surface area (Å²) in [5.41, 5.74) is 6.31. The van der Waals surface area contributed by atoms with Crippen LogP contribution in [0.4, 0.5) is 5.69 Å². The Hall–Kier alpha value is -2.42. The second kappa shape index (κ2) is 6.35. The molecule has 0 amide bonds. The Labute approximate surface area is 124 Å². The number of nitriles is 1. The summed E-state index contributed by atoms with van der Waals surface area (Å²) in [7, 11) is 3.16. The summed E-state index contributed by atoms with van der Waals surface area (Å²) in [5, 5.41) is 12.1. The first kappa shape index (κ1) is 15.0. The summed E-state index contributed by atoms with van der Waals surface area (Å²) >= 11 is 0. The summed E-state index contributed by atoms with van der Waals surface area (Å²) in [4.78, 5) is 4.27. The van der Waals surface area contributed by atoms with Crippen LogP contribution in [0.25, 0.3) is 0 Å². The minimum Gasteiger partial charge on any atom is -0.493 e. The van der Waals surface area contributed by atoms with E-state index < -0.39 is 0 Å². The van der Waals surface area contributed by atoms with Gasteiger partial charge in [-0.3, -0.25) is 4.99 Å². The number of ether oxygens (including phenoxy) is 2. The van der Waals surface area contributed by atoms with E-state index in [-0.39, 0.29) is 5.41 Å². The Bertz CT molecular complexity index is 574. The Balaban J connectivity index is 2.02. The van der Waals surface area contributed by atoms with Crippen LogP contribution in [0.2, 0.25) is 0 Å². The molecular weight excluding hydrogens is 268 g/mol. The first-order chi connectivity index (χ1) is 10.1. The molecule has 2 rings (SSSR count). The predicted molar refractivity (Wildman–Crippen MR) is 81.6 cm³/mol. The standard InChI is InChI=1S/C15H20N4O2/c1-20-12-5-4-11(8-13(12)21-2)19-14(17)18-10-15(9-16)6-3-7-15/h4-5,8H,3,6-7,10H2,1-2H3,(H3,17,18,19). The lowest BCUT2D eigenvalue weighted by Crippen LogP contribution is -2.33. The van der Waals surface area contributed by atoms with Crippen LogP contribution in [0.15, 0.2) is 23.2 Å². The highest BCUT2D eigenvalue weighted by molar-refractivity contribution is 5.92. The van der Waals surface area contributed by atoms with Crippen LogP contribution in [0.5, 0.6) is 11.5 Å². The molecule has 1 aromatic rings. The van der Waals surface area contributed by atoms with Gasteiger partial charge in [0.1, 0.15) is 0 Å². The summed E-state index contributed by atoms with van der Waals surface area (Å²) in [6.45, 7) is 0.440. The molecule has 1 aliphatic carbocycles. The number of methoxy groups -OCH3 is 2. The zero-order chi connectivity index (χ0) is 15.3. The van der Waals surface area contributed by atoms with E-state index in [1.165, 1.54) is 0 Å². The van der Waals surface area contributed by atoms with E-state index in [0.717, 1.165) is 24.9 Å². The number of benzene rings is 1. The van der Waals surface area contributed by atoms with Gasteiger partial charge in [0.05, 0.1) is 32.2 Å². The van der Waals surface area contributed by atoms with E-state index in [1.54, 1.807) is 26.4 Å². The molecule has 6 nitrogen and oxygen atoms in total. The maximum atomic E-state index is 9.15. The molecule has 3 N–H and O–H groups in total. The van der Waals surface area contributed by atoms with Crippen molar-refractivity contribution in [2.45, 2.75) is 19.3 Å². The molecule has 0 bridgehead atoms. The van der Waals surface area contributed by atoms with Crippen molar-refractivity contribution in [1.82, 2.24) is 0 Å². The maximum absolute atomic E-state index is 9.15. The topological polar surface area (TPSA) is 92.7 Å². The predicted octanol–water partition coefficient (Wildman–Crippen LogP) is 2.12. The number of aliphatic imine (C=N–C) groups is 1. The van der Waals surface area contributed by atoms with E-state index in [4.69, 9.17) is 20.5 Å². The van der Waals surface area contributed by atoms with E-state index in [2.05, 4.69) is 16.4 Å². The molecule has 21 heavy (non-hydrogen) atoms. The van der Waals surface area contributed by atoms with Crippen molar-refractivity contribution in [3.05, 3.63) is 18.2 Å². The SMILES string of the molecule is COc1ccc(NC(N)=NCC2(C#N)CCC2)cc1OC. The Morgan fingerprint density at radius 3 is 2.62 bits per heavy atom. The van der Waals surface area contributed by atoms with Crippen molar-refractivity contribution in [1.29, 1.82) is 5.26 Å². The average molecular weight is 288 g/mol. The fraction of sp³-hybridized carbons (Fsp3) is 0.467. The molecule has 112 valence electrons. The number of nitrogens with one attached hydrogen (secondary N) is 1. The molecule has 1 saturated carbocycles. The lowest BCUT2D eigenvalue weighted by Gasteiger charge is -2.33.